The van der Waals surface area contributed by atoms with E-state index in [9.17, 15) is 4.79 Å². The van der Waals surface area contributed by atoms with Crippen molar-refractivity contribution in [3.8, 4) is 5.75 Å². The van der Waals surface area contributed by atoms with Gasteiger partial charge in [0.1, 0.15) is 12.4 Å². The highest BCUT2D eigenvalue weighted by molar-refractivity contribution is 14.1. The molecule has 0 unspecified atom stereocenters. The summed E-state index contributed by atoms with van der Waals surface area (Å²) in [5, 5.41) is 0. The fourth-order valence-electron chi connectivity index (χ4n) is 1.62. The van der Waals surface area contributed by atoms with E-state index in [1.54, 1.807) is 13.0 Å². The highest BCUT2D eigenvalue weighted by Crippen LogP contribution is 2.21. The Morgan fingerprint density at radius 1 is 1.21 bits per heavy atom. The summed E-state index contributed by atoms with van der Waals surface area (Å²) < 4.78 is 7.68. The SMILES string of the molecule is CC(=O)c1ccc(OCc2ccc(Br)cc2)cc1I. The van der Waals surface area contributed by atoms with Crippen molar-refractivity contribution in [2.24, 2.45) is 0 Å². The summed E-state index contributed by atoms with van der Waals surface area (Å²) in [4.78, 5) is 11.3. The molecule has 0 amide bonds. The molecule has 2 rings (SSSR count). The zero-order chi connectivity index (χ0) is 13.8. The minimum atomic E-state index is 0.0730. The molecule has 0 N–H and O–H groups in total. The zero-order valence-electron chi connectivity index (χ0n) is 10.3. The van der Waals surface area contributed by atoms with Gasteiger partial charge in [0, 0.05) is 13.6 Å². The maximum Gasteiger partial charge on any atom is 0.160 e. The molecule has 19 heavy (non-hydrogen) atoms. The normalized spacial score (nSPS) is 10.3. The van der Waals surface area contributed by atoms with Gasteiger partial charge in [-0.3, -0.25) is 4.79 Å². The number of carbonyl (C=O) groups excluding carboxylic acids is 1. The van der Waals surface area contributed by atoms with Crippen molar-refractivity contribution in [3.63, 3.8) is 0 Å². The van der Waals surface area contributed by atoms with Gasteiger partial charge in [-0.25, -0.2) is 0 Å². The summed E-state index contributed by atoms with van der Waals surface area (Å²) in [6.07, 6.45) is 0. The van der Waals surface area contributed by atoms with Crippen molar-refractivity contribution in [1.82, 2.24) is 0 Å². The summed E-state index contributed by atoms with van der Waals surface area (Å²) in [6.45, 7) is 2.09. The maximum absolute atomic E-state index is 11.3. The minimum Gasteiger partial charge on any atom is -0.489 e. The lowest BCUT2D eigenvalue weighted by Gasteiger charge is -2.08. The number of hydrogen-bond donors (Lipinski definition) is 0. The third kappa shape index (κ3) is 4.04. The molecule has 0 atom stereocenters. The Morgan fingerprint density at radius 2 is 1.89 bits per heavy atom. The molecule has 2 nitrogen and oxygen atoms in total. The van der Waals surface area contributed by atoms with Gasteiger partial charge in [0.15, 0.2) is 5.78 Å². The molecule has 0 saturated carbocycles. The lowest BCUT2D eigenvalue weighted by atomic mass is 10.1. The molecule has 0 spiro atoms. The van der Waals surface area contributed by atoms with E-state index >= 15 is 0 Å². The second-order valence-electron chi connectivity index (χ2n) is 4.11. The summed E-state index contributed by atoms with van der Waals surface area (Å²) in [5.41, 5.74) is 1.84. The summed E-state index contributed by atoms with van der Waals surface area (Å²) in [6, 6.07) is 13.5. The predicted octanol–water partition coefficient (Wildman–Crippen LogP) is 4.84. The molecule has 0 aromatic heterocycles. The van der Waals surface area contributed by atoms with Crippen molar-refractivity contribution >= 4 is 44.3 Å². The largest absolute Gasteiger partial charge is 0.489 e. The van der Waals surface area contributed by atoms with E-state index in [1.807, 2.05) is 36.4 Å². The Morgan fingerprint density at radius 3 is 2.47 bits per heavy atom. The Hall–Kier alpha value is -0.880. The first kappa shape index (κ1) is 14.5. The highest BCUT2D eigenvalue weighted by atomic mass is 127. The molecule has 2 aromatic rings. The standard InChI is InChI=1S/C15H12BrIO2/c1-10(18)14-7-6-13(8-15(14)17)19-9-11-2-4-12(16)5-3-11/h2-8H,9H2,1H3. The van der Waals surface area contributed by atoms with Crippen LogP contribution in [0.2, 0.25) is 0 Å². The van der Waals surface area contributed by atoms with E-state index in [2.05, 4.69) is 38.5 Å². The lowest BCUT2D eigenvalue weighted by molar-refractivity contribution is 0.101. The number of halogens is 2. The Balaban J connectivity index is 2.06. The molecule has 0 aliphatic carbocycles. The van der Waals surface area contributed by atoms with E-state index in [-0.39, 0.29) is 5.78 Å². The number of carbonyl (C=O) groups is 1. The van der Waals surface area contributed by atoms with Gasteiger partial charge in [-0.05, 0) is 65.4 Å². The first-order valence-electron chi connectivity index (χ1n) is 5.74. The number of benzene rings is 2. The van der Waals surface area contributed by atoms with Crippen LogP contribution in [0.1, 0.15) is 22.8 Å². The molecule has 4 heteroatoms. The average molecular weight is 431 g/mol. The topological polar surface area (TPSA) is 26.3 Å². The molecule has 0 aliphatic heterocycles. The summed E-state index contributed by atoms with van der Waals surface area (Å²) in [5.74, 6) is 0.848. The van der Waals surface area contributed by atoms with Gasteiger partial charge in [0.2, 0.25) is 0 Å². The smallest absolute Gasteiger partial charge is 0.160 e. The first-order chi connectivity index (χ1) is 9.06. The molecular weight excluding hydrogens is 419 g/mol. The molecule has 0 bridgehead atoms. The Bertz CT molecular complexity index is 594. The fourth-order valence-corrected chi connectivity index (χ4v) is 2.75. The maximum atomic E-state index is 11.3. The first-order valence-corrected chi connectivity index (χ1v) is 7.61. The van der Waals surface area contributed by atoms with Crippen LogP contribution in [-0.4, -0.2) is 5.78 Å². The van der Waals surface area contributed by atoms with Gasteiger partial charge in [0.25, 0.3) is 0 Å². The van der Waals surface area contributed by atoms with Crippen LogP contribution in [0, 0.1) is 3.57 Å². The second-order valence-corrected chi connectivity index (χ2v) is 6.19. The van der Waals surface area contributed by atoms with Crippen LogP contribution >= 0.6 is 38.5 Å². The molecule has 0 fully saturated rings. The Kier molecular flexibility index (Phi) is 4.99. The van der Waals surface area contributed by atoms with E-state index in [0.29, 0.717) is 6.61 Å². The zero-order valence-corrected chi connectivity index (χ0v) is 14.1. The van der Waals surface area contributed by atoms with Crippen LogP contribution in [0.25, 0.3) is 0 Å². The highest BCUT2D eigenvalue weighted by Gasteiger charge is 2.06. The van der Waals surface area contributed by atoms with Crippen molar-refractivity contribution in [1.29, 1.82) is 0 Å². The third-order valence-corrected chi connectivity index (χ3v) is 4.06. The van der Waals surface area contributed by atoms with E-state index in [1.165, 1.54) is 0 Å². The average Bonchev–Trinajstić information content (AvgIpc) is 2.37. The predicted molar refractivity (Wildman–Crippen MR) is 87.6 cm³/mol. The van der Waals surface area contributed by atoms with Crippen LogP contribution in [-0.2, 0) is 6.61 Å². The van der Waals surface area contributed by atoms with Crippen LogP contribution in [0.3, 0.4) is 0 Å². The molecule has 0 heterocycles. The van der Waals surface area contributed by atoms with Crippen LogP contribution in [0.5, 0.6) is 5.75 Å². The van der Waals surface area contributed by atoms with Crippen LogP contribution < -0.4 is 4.74 Å². The van der Waals surface area contributed by atoms with Gasteiger partial charge in [0.05, 0.1) is 0 Å². The van der Waals surface area contributed by atoms with Gasteiger partial charge < -0.3 is 4.74 Å². The van der Waals surface area contributed by atoms with E-state index < -0.39 is 0 Å². The van der Waals surface area contributed by atoms with E-state index in [4.69, 9.17) is 4.74 Å². The monoisotopic (exact) mass is 430 g/mol. The van der Waals surface area contributed by atoms with Gasteiger partial charge in [-0.1, -0.05) is 28.1 Å². The van der Waals surface area contributed by atoms with Crippen molar-refractivity contribution in [2.75, 3.05) is 0 Å². The molecule has 0 saturated heterocycles. The summed E-state index contributed by atoms with van der Waals surface area (Å²) in [7, 11) is 0. The number of ketones is 1. The molecule has 2 aromatic carbocycles. The number of Topliss-reactive ketones (excluding diaryl/α,β-unsaturated/α-hetero) is 1. The fraction of sp³-hybridized carbons (Fsp3) is 0.133. The van der Waals surface area contributed by atoms with Gasteiger partial charge in [-0.15, -0.1) is 0 Å². The Labute approximate surface area is 134 Å². The summed E-state index contributed by atoms with van der Waals surface area (Å²) >= 11 is 5.55. The number of ether oxygens (including phenoxy) is 1. The van der Waals surface area contributed by atoms with E-state index in [0.717, 1.165) is 24.9 Å². The quantitative estimate of drug-likeness (QED) is 0.512. The van der Waals surface area contributed by atoms with Gasteiger partial charge >= 0.3 is 0 Å². The number of rotatable bonds is 4. The van der Waals surface area contributed by atoms with Gasteiger partial charge in [-0.2, -0.15) is 0 Å². The molecule has 98 valence electrons. The number of hydrogen-bond acceptors (Lipinski definition) is 2. The van der Waals surface area contributed by atoms with Crippen LogP contribution in [0.15, 0.2) is 46.9 Å². The second kappa shape index (κ2) is 6.52. The van der Waals surface area contributed by atoms with Crippen molar-refractivity contribution in [3.05, 3.63) is 61.6 Å². The lowest BCUT2D eigenvalue weighted by Crippen LogP contribution is -1.99. The van der Waals surface area contributed by atoms with Crippen molar-refractivity contribution < 1.29 is 9.53 Å². The minimum absolute atomic E-state index is 0.0730. The molecular formula is C15H12BrIO2. The third-order valence-electron chi connectivity index (χ3n) is 2.64. The van der Waals surface area contributed by atoms with Crippen molar-refractivity contribution in [2.45, 2.75) is 13.5 Å². The molecule has 0 aliphatic rings. The molecule has 0 radical (unpaired) electrons. The van der Waals surface area contributed by atoms with Crippen LogP contribution in [0.4, 0.5) is 0 Å².